The molecule has 1 aliphatic rings. The van der Waals surface area contributed by atoms with Gasteiger partial charge in [0, 0.05) is 4.47 Å². The van der Waals surface area contributed by atoms with E-state index in [4.69, 9.17) is 4.74 Å². The lowest BCUT2D eigenvalue weighted by atomic mass is 10.0. The molecule has 23 heavy (non-hydrogen) atoms. The first-order chi connectivity index (χ1) is 10.6. The van der Waals surface area contributed by atoms with Crippen molar-refractivity contribution in [2.75, 3.05) is 18.1 Å². The van der Waals surface area contributed by atoms with Gasteiger partial charge in [0.15, 0.2) is 16.4 Å². The summed E-state index contributed by atoms with van der Waals surface area (Å²) in [6.07, 6.45) is 0.318. The highest BCUT2D eigenvalue weighted by atomic mass is 79.9. The van der Waals surface area contributed by atoms with Crippen molar-refractivity contribution in [3.63, 3.8) is 0 Å². The van der Waals surface area contributed by atoms with Crippen molar-refractivity contribution in [3.05, 3.63) is 34.1 Å². The molecule has 6 nitrogen and oxygen atoms in total. The standard InChI is InChI=1S/C14H15BrFNO5S/c1-14(4-5-23(20,21)8-14)17-12(18)7-22-13(19)10-3-2-9(16)6-11(10)15/h2-3,6H,4-5,7-8H2,1H3,(H,17,18)/t14-/m1/s1. The van der Waals surface area contributed by atoms with Crippen molar-refractivity contribution < 1.29 is 27.1 Å². The number of carbonyl (C=O) groups is 2. The largest absolute Gasteiger partial charge is 0.452 e. The van der Waals surface area contributed by atoms with Gasteiger partial charge in [0.1, 0.15) is 5.82 Å². The van der Waals surface area contributed by atoms with Gasteiger partial charge in [-0.1, -0.05) is 0 Å². The second-order valence-corrected chi connectivity index (χ2v) is 8.69. The van der Waals surface area contributed by atoms with Crippen LogP contribution in [0, 0.1) is 5.82 Å². The second kappa shape index (κ2) is 6.56. The smallest absolute Gasteiger partial charge is 0.339 e. The molecular weight excluding hydrogens is 393 g/mol. The third-order valence-corrected chi connectivity index (χ3v) is 5.99. The number of nitrogens with one attached hydrogen (secondary N) is 1. The monoisotopic (exact) mass is 407 g/mol. The van der Waals surface area contributed by atoms with E-state index < -0.39 is 39.7 Å². The number of ether oxygens (including phenoxy) is 1. The van der Waals surface area contributed by atoms with Gasteiger partial charge < -0.3 is 10.1 Å². The zero-order chi connectivity index (χ0) is 17.3. The third kappa shape index (κ3) is 4.74. The van der Waals surface area contributed by atoms with Gasteiger partial charge in [-0.15, -0.1) is 0 Å². The number of carbonyl (C=O) groups excluding carboxylic acids is 2. The Labute approximate surface area is 141 Å². The van der Waals surface area contributed by atoms with E-state index >= 15 is 0 Å². The lowest BCUT2D eigenvalue weighted by Gasteiger charge is -2.23. The van der Waals surface area contributed by atoms with Crippen molar-refractivity contribution in [2.24, 2.45) is 0 Å². The van der Waals surface area contributed by atoms with Gasteiger partial charge in [0.05, 0.1) is 22.6 Å². The molecule has 1 N–H and O–H groups in total. The minimum atomic E-state index is -3.15. The van der Waals surface area contributed by atoms with Crippen LogP contribution in [0.5, 0.6) is 0 Å². The molecule has 0 aromatic heterocycles. The normalized spacial score (nSPS) is 22.6. The van der Waals surface area contributed by atoms with E-state index in [0.717, 1.165) is 12.1 Å². The topological polar surface area (TPSA) is 89.5 Å². The van der Waals surface area contributed by atoms with Crippen LogP contribution in [-0.4, -0.2) is 43.9 Å². The van der Waals surface area contributed by atoms with Crippen LogP contribution in [0.4, 0.5) is 4.39 Å². The molecule has 0 aliphatic carbocycles. The number of hydrogen-bond donors (Lipinski definition) is 1. The van der Waals surface area contributed by atoms with Crippen molar-refractivity contribution >= 4 is 37.6 Å². The first kappa shape index (κ1) is 17.9. The van der Waals surface area contributed by atoms with Crippen LogP contribution in [0.1, 0.15) is 23.7 Å². The minimum Gasteiger partial charge on any atom is -0.452 e. The molecular formula is C14H15BrFNO5S. The van der Waals surface area contributed by atoms with Crippen LogP contribution >= 0.6 is 15.9 Å². The number of rotatable bonds is 4. The van der Waals surface area contributed by atoms with Crippen LogP contribution in [0.25, 0.3) is 0 Å². The van der Waals surface area contributed by atoms with Gasteiger partial charge in [-0.2, -0.15) is 0 Å². The molecule has 1 saturated heterocycles. The Kier molecular flexibility index (Phi) is 5.10. The van der Waals surface area contributed by atoms with E-state index in [-0.39, 0.29) is 21.5 Å². The Bertz CT molecular complexity index is 752. The van der Waals surface area contributed by atoms with E-state index in [2.05, 4.69) is 21.2 Å². The Morgan fingerprint density at radius 2 is 2.13 bits per heavy atom. The van der Waals surface area contributed by atoms with E-state index in [1.54, 1.807) is 6.92 Å². The fraction of sp³-hybridized carbons (Fsp3) is 0.429. The predicted molar refractivity (Wildman–Crippen MR) is 84.2 cm³/mol. The van der Waals surface area contributed by atoms with Crippen molar-refractivity contribution in [3.8, 4) is 0 Å². The highest BCUT2D eigenvalue weighted by molar-refractivity contribution is 9.10. The number of amides is 1. The maximum absolute atomic E-state index is 13.0. The molecule has 126 valence electrons. The maximum Gasteiger partial charge on any atom is 0.339 e. The summed E-state index contributed by atoms with van der Waals surface area (Å²) >= 11 is 3.04. The number of esters is 1. The summed E-state index contributed by atoms with van der Waals surface area (Å²) in [5.74, 6) is -2.00. The summed E-state index contributed by atoms with van der Waals surface area (Å²) in [6, 6.07) is 3.46. The SMILES string of the molecule is C[C@@]1(NC(=O)COC(=O)c2ccc(F)cc2Br)CCS(=O)(=O)C1. The number of hydrogen-bond acceptors (Lipinski definition) is 5. The summed E-state index contributed by atoms with van der Waals surface area (Å²) in [4.78, 5) is 23.7. The lowest BCUT2D eigenvalue weighted by molar-refractivity contribution is -0.125. The van der Waals surface area contributed by atoms with Crippen molar-refractivity contribution in [2.45, 2.75) is 18.9 Å². The summed E-state index contributed by atoms with van der Waals surface area (Å²) in [6.45, 7) is 1.09. The molecule has 1 atom stereocenters. The third-order valence-electron chi connectivity index (χ3n) is 3.43. The van der Waals surface area contributed by atoms with Crippen LogP contribution in [0.3, 0.4) is 0 Å². The molecule has 0 radical (unpaired) electrons. The van der Waals surface area contributed by atoms with Crippen LogP contribution in [0.2, 0.25) is 0 Å². The lowest BCUT2D eigenvalue weighted by Crippen LogP contribution is -2.48. The molecule has 1 aliphatic heterocycles. The Balaban J connectivity index is 1.90. The highest BCUT2D eigenvalue weighted by Gasteiger charge is 2.39. The Hall–Kier alpha value is -1.48. The molecule has 1 amide bonds. The Morgan fingerprint density at radius 1 is 1.43 bits per heavy atom. The molecule has 2 rings (SSSR count). The molecule has 1 heterocycles. The molecule has 0 unspecified atom stereocenters. The van der Waals surface area contributed by atoms with E-state index in [1.165, 1.54) is 6.07 Å². The second-order valence-electron chi connectivity index (χ2n) is 5.65. The molecule has 0 bridgehead atoms. The average Bonchev–Trinajstić information content (AvgIpc) is 2.69. The number of benzene rings is 1. The van der Waals surface area contributed by atoms with Gasteiger partial charge in [-0.3, -0.25) is 4.79 Å². The van der Waals surface area contributed by atoms with Crippen molar-refractivity contribution in [1.29, 1.82) is 0 Å². The van der Waals surface area contributed by atoms with Gasteiger partial charge >= 0.3 is 5.97 Å². The molecule has 9 heteroatoms. The molecule has 1 fully saturated rings. The van der Waals surface area contributed by atoms with Gasteiger partial charge in [0.25, 0.3) is 5.91 Å². The quantitative estimate of drug-likeness (QED) is 0.762. The number of sulfone groups is 1. The van der Waals surface area contributed by atoms with Crippen LogP contribution < -0.4 is 5.32 Å². The van der Waals surface area contributed by atoms with Crippen LogP contribution in [-0.2, 0) is 19.4 Å². The fourth-order valence-corrected chi connectivity index (χ4v) is 4.95. The van der Waals surface area contributed by atoms with Gasteiger partial charge in [-0.05, 0) is 47.5 Å². The summed E-state index contributed by atoms with van der Waals surface area (Å²) < 4.78 is 41.0. The van der Waals surface area contributed by atoms with E-state index in [9.17, 15) is 22.4 Å². The average molecular weight is 408 g/mol. The molecule has 1 aromatic carbocycles. The minimum absolute atomic E-state index is 0.0199. The van der Waals surface area contributed by atoms with Crippen LogP contribution in [0.15, 0.2) is 22.7 Å². The van der Waals surface area contributed by atoms with Gasteiger partial charge in [0.2, 0.25) is 0 Å². The number of halogens is 2. The summed E-state index contributed by atoms with van der Waals surface area (Å²) in [5.41, 5.74) is -0.757. The first-order valence-electron chi connectivity index (χ1n) is 6.74. The predicted octanol–water partition coefficient (Wildman–Crippen LogP) is 1.44. The molecule has 0 saturated carbocycles. The first-order valence-corrected chi connectivity index (χ1v) is 9.35. The molecule has 1 aromatic rings. The van der Waals surface area contributed by atoms with E-state index in [1.807, 2.05) is 0 Å². The maximum atomic E-state index is 13.0. The summed E-state index contributed by atoms with van der Waals surface area (Å²) in [5, 5.41) is 2.57. The zero-order valence-corrected chi connectivity index (χ0v) is 14.7. The zero-order valence-electron chi connectivity index (χ0n) is 12.3. The van der Waals surface area contributed by atoms with E-state index in [0.29, 0.717) is 6.42 Å². The fourth-order valence-electron chi connectivity index (χ4n) is 2.35. The Morgan fingerprint density at radius 3 is 2.70 bits per heavy atom. The van der Waals surface area contributed by atoms with Crippen molar-refractivity contribution in [1.82, 2.24) is 5.32 Å². The molecule has 0 spiro atoms. The van der Waals surface area contributed by atoms with Gasteiger partial charge in [-0.25, -0.2) is 17.6 Å². The highest BCUT2D eigenvalue weighted by Crippen LogP contribution is 2.23. The summed E-state index contributed by atoms with van der Waals surface area (Å²) in [7, 11) is -3.15.